The van der Waals surface area contributed by atoms with Crippen LogP contribution < -0.4 is 5.43 Å². The number of rotatable bonds is 6. The van der Waals surface area contributed by atoms with Gasteiger partial charge >= 0.3 is 5.97 Å². The molecule has 0 aliphatic carbocycles. The maximum absolute atomic E-state index is 13.6. The number of halogens is 1. The Hall–Kier alpha value is -3.20. The van der Waals surface area contributed by atoms with Crippen LogP contribution in [0.2, 0.25) is 5.02 Å². The van der Waals surface area contributed by atoms with Crippen molar-refractivity contribution < 1.29 is 23.5 Å². The van der Waals surface area contributed by atoms with Crippen LogP contribution in [0.5, 0.6) is 0 Å². The van der Waals surface area contributed by atoms with Crippen molar-refractivity contribution in [1.82, 2.24) is 9.80 Å². The van der Waals surface area contributed by atoms with E-state index in [0.29, 0.717) is 52.4 Å². The number of amides is 1. The minimum Gasteiger partial charge on any atom is -0.465 e. The van der Waals surface area contributed by atoms with Gasteiger partial charge in [0.15, 0.2) is 5.43 Å². The Kier molecular flexibility index (Phi) is 6.60. The van der Waals surface area contributed by atoms with Gasteiger partial charge in [-0.15, -0.1) is 0 Å². The van der Waals surface area contributed by atoms with Crippen LogP contribution in [-0.2, 0) is 9.47 Å². The monoisotopic (exact) mass is 496 g/mol. The van der Waals surface area contributed by atoms with Crippen molar-refractivity contribution in [2.45, 2.75) is 12.5 Å². The molecule has 0 radical (unpaired) electrons. The van der Waals surface area contributed by atoms with Crippen LogP contribution in [0.4, 0.5) is 0 Å². The summed E-state index contributed by atoms with van der Waals surface area (Å²) in [5, 5.41) is 0.741. The van der Waals surface area contributed by atoms with Crippen molar-refractivity contribution in [2.24, 2.45) is 0 Å². The highest BCUT2D eigenvalue weighted by Gasteiger charge is 2.42. The Labute approximate surface area is 207 Å². The minimum atomic E-state index is -0.631. The van der Waals surface area contributed by atoms with Crippen LogP contribution in [0.1, 0.15) is 44.5 Å². The molecule has 8 nitrogen and oxygen atoms in total. The number of fused-ring (bicyclic) bond motifs is 2. The summed E-state index contributed by atoms with van der Waals surface area (Å²) < 4.78 is 16.2. The molecule has 5 rings (SSSR count). The normalized spacial score (nSPS) is 18.2. The molecule has 1 fully saturated rings. The van der Waals surface area contributed by atoms with E-state index in [4.69, 9.17) is 25.5 Å². The zero-order valence-electron chi connectivity index (χ0n) is 19.3. The summed E-state index contributed by atoms with van der Waals surface area (Å²) in [6, 6.07) is 10.9. The summed E-state index contributed by atoms with van der Waals surface area (Å²) in [5.74, 6) is -0.724. The summed E-state index contributed by atoms with van der Waals surface area (Å²) in [6.45, 7) is 4.39. The fraction of sp³-hybridized carbons (Fsp3) is 0.346. The molecule has 1 atom stereocenters. The van der Waals surface area contributed by atoms with E-state index in [-0.39, 0.29) is 17.1 Å². The Morgan fingerprint density at radius 3 is 2.54 bits per heavy atom. The van der Waals surface area contributed by atoms with Crippen molar-refractivity contribution in [3.05, 3.63) is 80.2 Å². The molecule has 0 bridgehead atoms. The maximum atomic E-state index is 13.6. The molecule has 0 saturated carbocycles. The van der Waals surface area contributed by atoms with Gasteiger partial charge in [0.05, 0.1) is 42.9 Å². The number of hydrogen-bond donors (Lipinski definition) is 0. The summed E-state index contributed by atoms with van der Waals surface area (Å²) in [4.78, 5) is 43.0. The van der Waals surface area contributed by atoms with Crippen molar-refractivity contribution >= 4 is 34.4 Å². The zero-order valence-corrected chi connectivity index (χ0v) is 20.0. The first kappa shape index (κ1) is 23.5. The van der Waals surface area contributed by atoms with Crippen LogP contribution >= 0.6 is 11.6 Å². The van der Waals surface area contributed by atoms with E-state index in [9.17, 15) is 14.4 Å². The van der Waals surface area contributed by atoms with E-state index in [2.05, 4.69) is 4.90 Å². The van der Waals surface area contributed by atoms with E-state index in [1.165, 1.54) is 7.11 Å². The number of methoxy groups -OCH3 is 1. The molecule has 1 saturated heterocycles. The Bertz CT molecular complexity index is 1330. The molecule has 1 aromatic heterocycles. The standard InChI is InChI=1S/C26H25ClN2O6/c1-33-26(32)17-5-3-16(4-6-17)22-21-23(30)19-15-18(27)7-8-20(19)35-24(21)25(31)29(22)10-2-9-28-11-13-34-14-12-28/h3-8,15,22H,2,9-14H2,1H3. The second-order valence-corrected chi connectivity index (χ2v) is 9.07. The smallest absolute Gasteiger partial charge is 0.337 e. The van der Waals surface area contributed by atoms with Gasteiger partial charge in [0.1, 0.15) is 5.58 Å². The summed E-state index contributed by atoms with van der Waals surface area (Å²) in [5.41, 5.74) is 1.43. The third-order valence-electron chi connectivity index (χ3n) is 6.55. The number of esters is 1. The van der Waals surface area contributed by atoms with Gasteiger partial charge in [-0.2, -0.15) is 0 Å². The molecule has 0 spiro atoms. The molecule has 2 aromatic carbocycles. The Balaban J connectivity index is 1.53. The molecule has 2 aliphatic heterocycles. The van der Waals surface area contributed by atoms with E-state index in [0.717, 1.165) is 26.1 Å². The molecule has 3 aromatic rings. The number of carbonyl (C=O) groups excluding carboxylic acids is 2. The van der Waals surface area contributed by atoms with Crippen molar-refractivity contribution in [2.75, 3.05) is 46.5 Å². The number of hydrogen-bond acceptors (Lipinski definition) is 7. The summed E-state index contributed by atoms with van der Waals surface area (Å²) in [6.07, 6.45) is 0.732. The van der Waals surface area contributed by atoms with Crippen LogP contribution in [0.15, 0.2) is 51.7 Å². The molecule has 35 heavy (non-hydrogen) atoms. The fourth-order valence-electron chi connectivity index (χ4n) is 4.78. The number of morpholine rings is 1. The molecule has 1 unspecified atom stereocenters. The van der Waals surface area contributed by atoms with Crippen LogP contribution in [0.25, 0.3) is 11.0 Å². The summed E-state index contributed by atoms with van der Waals surface area (Å²) in [7, 11) is 1.32. The third kappa shape index (κ3) is 4.45. The Morgan fingerprint density at radius 2 is 1.83 bits per heavy atom. The van der Waals surface area contributed by atoms with Gasteiger partial charge in [0.25, 0.3) is 5.91 Å². The largest absolute Gasteiger partial charge is 0.465 e. The van der Waals surface area contributed by atoms with Crippen LogP contribution in [0.3, 0.4) is 0 Å². The Morgan fingerprint density at radius 1 is 1.09 bits per heavy atom. The van der Waals surface area contributed by atoms with Gasteiger partial charge in [0, 0.05) is 31.2 Å². The van der Waals surface area contributed by atoms with Crippen LogP contribution in [0, 0.1) is 0 Å². The number of carbonyl (C=O) groups is 2. The van der Waals surface area contributed by atoms with E-state index < -0.39 is 12.0 Å². The molecule has 182 valence electrons. The predicted octanol–water partition coefficient (Wildman–Crippen LogP) is 3.50. The molecular weight excluding hydrogens is 472 g/mol. The highest BCUT2D eigenvalue weighted by Crippen LogP contribution is 2.38. The molecule has 2 aliphatic rings. The SMILES string of the molecule is COC(=O)c1ccc(C2c3c(oc4ccc(Cl)cc4c3=O)C(=O)N2CCCN2CCOCC2)cc1. The van der Waals surface area contributed by atoms with E-state index >= 15 is 0 Å². The lowest BCUT2D eigenvalue weighted by Crippen LogP contribution is -2.38. The maximum Gasteiger partial charge on any atom is 0.337 e. The second-order valence-electron chi connectivity index (χ2n) is 8.64. The summed E-state index contributed by atoms with van der Waals surface area (Å²) >= 11 is 6.14. The fourth-order valence-corrected chi connectivity index (χ4v) is 4.95. The second kappa shape index (κ2) is 9.81. The average molecular weight is 497 g/mol. The minimum absolute atomic E-state index is 0.0539. The average Bonchev–Trinajstić information content (AvgIpc) is 3.16. The lowest BCUT2D eigenvalue weighted by atomic mass is 9.97. The lowest BCUT2D eigenvalue weighted by Gasteiger charge is -2.29. The van der Waals surface area contributed by atoms with Gasteiger partial charge in [-0.05, 0) is 42.3 Å². The van der Waals surface area contributed by atoms with Gasteiger partial charge < -0.3 is 18.8 Å². The first-order chi connectivity index (χ1) is 17.0. The highest BCUT2D eigenvalue weighted by molar-refractivity contribution is 6.31. The molecule has 3 heterocycles. The number of ether oxygens (including phenoxy) is 2. The third-order valence-corrected chi connectivity index (χ3v) is 6.79. The molecule has 0 N–H and O–H groups in total. The first-order valence-electron chi connectivity index (χ1n) is 11.5. The van der Waals surface area contributed by atoms with Gasteiger partial charge in [0.2, 0.25) is 5.76 Å². The van der Waals surface area contributed by atoms with Crippen LogP contribution in [-0.4, -0.2) is 68.2 Å². The van der Waals surface area contributed by atoms with E-state index in [1.54, 1.807) is 47.4 Å². The number of nitrogens with zero attached hydrogens (tertiary/aromatic N) is 2. The molecular formula is C26H25ClN2O6. The van der Waals surface area contributed by atoms with Crippen molar-refractivity contribution in [1.29, 1.82) is 0 Å². The molecule has 1 amide bonds. The van der Waals surface area contributed by atoms with E-state index in [1.807, 2.05) is 0 Å². The topological polar surface area (TPSA) is 89.3 Å². The number of benzene rings is 2. The lowest BCUT2D eigenvalue weighted by molar-refractivity contribution is 0.0353. The van der Waals surface area contributed by atoms with Gasteiger partial charge in [-0.1, -0.05) is 23.7 Å². The van der Waals surface area contributed by atoms with Crippen molar-refractivity contribution in [3.8, 4) is 0 Å². The molecule has 9 heteroatoms. The van der Waals surface area contributed by atoms with Gasteiger partial charge in [-0.3, -0.25) is 14.5 Å². The zero-order chi connectivity index (χ0) is 24.5. The van der Waals surface area contributed by atoms with Crippen molar-refractivity contribution in [3.63, 3.8) is 0 Å². The highest BCUT2D eigenvalue weighted by atomic mass is 35.5. The quantitative estimate of drug-likeness (QED) is 0.482. The predicted molar refractivity (Wildman–Crippen MR) is 130 cm³/mol. The van der Waals surface area contributed by atoms with Gasteiger partial charge in [-0.25, -0.2) is 4.79 Å². The first-order valence-corrected chi connectivity index (χ1v) is 11.9.